The van der Waals surface area contributed by atoms with E-state index in [0.717, 1.165) is 5.56 Å². The third kappa shape index (κ3) is 3.57. The van der Waals surface area contributed by atoms with Crippen molar-refractivity contribution < 1.29 is 4.79 Å². The Morgan fingerprint density at radius 3 is 3.00 bits per heavy atom. The van der Waals surface area contributed by atoms with Crippen molar-refractivity contribution in [2.75, 3.05) is 11.1 Å². The summed E-state index contributed by atoms with van der Waals surface area (Å²) in [6.07, 6.45) is 0.996. The molecule has 2 rings (SSSR count). The minimum absolute atomic E-state index is 0.0959. The zero-order valence-corrected chi connectivity index (χ0v) is 11.0. The summed E-state index contributed by atoms with van der Waals surface area (Å²) in [4.78, 5) is 11.8. The molecule has 0 fully saturated rings. The number of nitriles is 1. The van der Waals surface area contributed by atoms with E-state index in [0.29, 0.717) is 29.1 Å². The molecule has 0 aliphatic rings. The zero-order chi connectivity index (χ0) is 13.7. The van der Waals surface area contributed by atoms with Crippen molar-refractivity contribution >= 4 is 27.9 Å². The van der Waals surface area contributed by atoms with E-state index >= 15 is 0 Å². The molecule has 2 aromatic rings. The highest BCUT2D eigenvalue weighted by Crippen LogP contribution is 2.22. The maximum Gasteiger partial charge on any atom is 0.225 e. The summed E-state index contributed by atoms with van der Waals surface area (Å²) < 4.78 is 0. The monoisotopic (exact) mass is 271 g/mol. The quantitative estimate of drug-likeness (QED) is 0.839. The van der Waals surface area contributed by atoms with Crippen LogP contribution in [0.2, 0.25) is 0 Å². The van der Waals surface area contributed by atoms with Gasteiger partial charge in [0.1, 0.15) is 11.1 Å². The Balaban J connectivity index is 1.91. The third-order valence-electron chi connectivity index (χ3n) is 2.63. The van der Waals surface area contributed by atoms with Gasteiger partial charge in [0.05, 0.1) is 5.56 Å². The van der Waals surface area contributed by atoms with Crippen LogP contribution in [0.5, 0.6) is 0 Å². The SMILES string of the molecule is N#Cc1ccsc1NC(=O)CCc1cccc(N)c1. The van der Waals surface area contributed by atoms with Crippen LogP contribution < -0.4 is 11.1 Å². The Morgan fingerprint density at radius 2 is 2.26 bits per heavy atom. The fraction of sp³-hybridized carbons (Fsp3) is 0.143. The first kappa shape index (κ1) is 13.1. The van der Waals surface area contributed by atoms with Gasteiger partial charge in [0.2, 0.25) is 5.91 Å². The molecule has 0 saturated carbocycles. The van der Waals surface area contributed by atoms with Crippen molar-refractivity contribution in [3.05, 3.63) is 46.8 Å². The van der Waals surface area contributed by atoms with Crippen molar-refractivity contribution in [3.8, 4) is 6.07 Å². The molecule has 0 aliphatic carbocycles. The first-order valence-electron chi connectivity index (χ1n) is 5.81. The van der Waals surface area contributed by atoms with E-state index in [9.17, 15) is 4.79 Å². The maximum atomic E-state index is 11.8. The highest BCUT2D eigenvalue weighted by Gasteiger charge is 2.08. The molecule has 0 saturated heterocycles. The first-order chi connectivity index (χ1) is 9.19. The molecule has 1 amide bonds. The van der Waals surface area contributed by atoms with Gasteiger partial charge in [-0.15, -0.1) is 11.3 Å². The number of hydrogen-bond donors (Lipinski definition) is 2. The largest absolute Gasteiger partial charge is 0.399 e. The van der Waals surface area contributed by atoms with Gasteiger partial charge in [-0.3, -0.25) is 4.79 Å². The molecule has 1 aromatic heterocycles. The van der Waals surface area contributed by atoms with E-state index in [1.165, 1.54) is 11.3 Å². The molecule has 3 N–H and O–H groups in total. The lowest BCUT2D eigenvalue weighted by molar-refractivity contribution is -0.116. The average molecular weight is 271 g/mol. The second-order valence-electron chi connectivity index (χ2n) is 4.07. The molecular formula is C14H13N3OS. The third-order valence-corrected chi connectivity index (χ3v) is 3.46. The number of carbonyl (C=O) groups is 1. The van der Waals surface area contributed by atoms with Crippen LogP contribution in [0.25, 0.3) is 0 Å². The summed E-state index contributed by atoms with van der Waals surface area (Å²) in [5.41, 5.74) is 7.91. The van der Waals surface area contributed by atoms with Crippen LogP contribution in [0, 0.1) is 11.3 Å². The predicted octanol–water partition coefficient (Wildman–Crippen LogP) is 2.77. The fourth-order valence-corrected chi connectivity index (χ4v) is 2.44. The van der Waals surface area contributed by atoms with Crippen LogP contribution >= 0.6 is 11.3 Å². The number of nitrogens with two attached hydrogens (primary N) is 1. The number of aryl methyl sites for hydroxylation is 1. The number of nitrogens with zero attached hydrogens (tertiary/aromatic N) is 1. The molecule has 1 aromatic carbocycles. The Bertz CT molecular complexity index is 628. The van der Waals surface area contributed by atoms with E-state index < -0.39 is 0 Å². The van der Waals surface area contributed by atoms with Gasteiger partial charge < -0.3 is 11.1 Å². The number of amides is 1. The van der Waals surface area contributed by atoms with E-state index in [4.69, 9.17) is 11.0 Å². The van der Waals surface area contributed by atoms with Crippen LogP contribution in [0.1, 0.15) is 17.5 Å². The van der Waals surface area contributed by atoms with Crippen molar-refractivity contribution in [1.82, 2.24) is 0 Å². The molecule has 96 valence electrons. The van der Waals surface area contributed by atoms with Crippen molar-refractivity contribution in [1.29, 1.82) is 5.26 Å². The lowest BCUT2D eigenvalue weighted by Crippen LogP contribution is -2.12. The predicted molar refractivity (Wildman–Crippen MR) is 76.8 cm³/mol. The summed E-state index contributed by atoms with van der Waals surface area (Å²) in [5, 5.41) is 14.0. The van der Waals surface area contributed by atoms with Crippen molar-refractivity contribution in [3.63, 3.8) is 0 Å². The van der Waals surface area contributed by atoms with Crippen molar-refractivity contribution in [2.24, 2.45) is 0 Å². The van der Waals surface area contributed by atoms with Crippen LogP contribution in [-0.4, -0.2) is 5.91 Å². The van der Waals surface area contributed by atoms with Crippen LogP contribution in [0.3, 0.4) is 0 Å². The van der Waals surface area contributed by atoms with E-state index in [1.54, 1.807) is 11.4 Å². The van der Waals surface area contributed by atoms with Crippen molar-refractivity contribution in [2.45, 2.75) is 12.8 Å². The molecule has 5 heteroatoms. The average Bonchev–Trinajstić information content (AvgIpc) is 2.84. The molecule has 0 atom stereocenters. The second kappa shape index (κ2) is 6.03. The number of hydrogen-bond acceptors (Lipinski definition) is 4. The number of nitrogens with one attached hydrogen (secondary N) is 1. The Hall–Kier alpha value is -2.32. The minimum Gasteiger partial charge on any atom is -0.399 e. The van der Waals surface area contributed by atoms with Gasteiger partial charge in [0.15, 0.2) is 0 Å². The molecule has 0 aliphatic heterocycles. The summed E-state index contributed by atoms with van der Waals surface area (Å²) in [6, 6.07) is 11.2. The smallest absolute Gasteiger partial charge is 0.225 e. The van der Waals surface area contributed by atoms with Gasteiger partial charge in [-0.05, 0) is 35.6 Å². The molecule has 0 unspecified atom stereocenters. The van der Waals surface area contributed by atoms with Gasteiger partial charge in [-0.25, -0.2) is 0 Å². The van der Waals surface area contributed by atoms with E-state index in [-0.39, 0.29) is 5.91 Å². The molecule has 0 radical (unpaired) electrons. The lowest BCUT2D eigenvalue weighted by atomic mass is 10.1. The second-order valence-corrected chi connectivity index (χ2v) is 4.98. The molecule has 4 nitrogen and oxygen atoms in total. The highest BCUT2D eigenvalue weighted by molar-refractivity contribution is 7.14. The summed E-state index contributed by atoms with van der Waals surface area (Å²) in [5.74, 6) is -0.0959. The number of thiophene rings is 1. The summed E-state index contributed by atoms with van der Waals surface area (Å²) >= 11 is 1.35. The standard InChI is InChI=1S/C14H13N3OS/c15-9-11-6-7-19-14(11)17-13(18)5-4-10-2-1-3-12(16)8-10/h1-3,6-8H,4-5,16H2,(H,17,18). The number of rotatable bonds is 4. The Kier molecular flexibility index (Phi) is 4.16. The molecule has 0 bridgehead atoms. The molecule has 19 heavy (non-hydrogen) atoms. The van der Waals surface area contributed by atoms with Gasteiger partial charge in [0.25, 0.3) is 0 Å². The summed E-state index contributed by atoms with van der Waals surface area (Å²) in [7, 11) is 0. The van der Waals surface area contributed by atoms with Crippen LogP contribution in [-0.2, 0) is 11.2 Å². The van der Waals surface area contributed by atoms with E-state index in [1.807, 2.05) is 30.3 Å². The van der Waals surface area contributed by atoms with E-state index in [2.05, 4.69) is 5.32 Å². The van der Waals surface area contributed by atoms with Gasteiger partial charge in [-0.2, -0.15) is 5.26 Å². The molecule has 1 heterocycles. The zero-order valence-electron chi connectivity index (χ0n) is 10.2. The highest BCUT2D eigenvalue weighted by atomic mass is 32.1. The summed E-state index contributed by atoms with van der Waals surface area (Å²) in [6.45, 7) is 0. The number of carbonyl (C=O) groups excluding carboxylic acids is 1. The lowest BCUT2D eigenvalue weighted by Gasteiger charge is -2.04. The van der Waals surface area contributed by atoms with Crippen LogP contribution in [0.4, 0.5) is 10.7 Å². The maximum absolute atomic E-state index is 11.8. The number of benzene rings is 1. The molecular weight excluding hydrogens is 258 g/mol. The van der Waals surface area contributed by atoms with Gasteiger partial charge in [-0.1, -0.05) is 12.1 Å². The van der Waals surface area contributed by atoms with Crippen LogP contribution in [0.15, 0.2) is 35.7 Å². The first-order valence-corrected chi connectivity index (χ1v) is 6.69. The topological polar surface area (TPSA) is 78.9 Å². The van der Waals surface area contributed by atoms with Gasteiger partial charge in [0, 0.05) is 12.1 Å². The normalized spacial score (nSPS) is 9.84. The minimum atomic E-state index is -0.0959. The Morgan fingerprint density at radius 1 is 1.42 bits per heavy atom. The Labute approximate surface area is 115 Å². The van der Waals surface area contributed by atoms with Gasteiger partial charge >= 0.3 is 0 Å². The molecule has 0 spiro atoms. The number of anilines is 2. The number of nitrogen functional groups attached to an aromatic ring is 1. The fourth-order valence-electron chi connectivity index (χ4n) is 1.69.